The van der Waals surface area contributed by atoms with Crippen molar-refractivity contribution in [3.8, 4) is 0 Å². The summed E-state index contributed by atoms with van der Waals surface area (Å²) in [6.07, 6.45) is -0.324. The Morgan fingerprint density at radius 3 is 2.15 bits per heavy atom. The maximum Gasteiger partial charge on any atom is 0.306 e. The van der Waals surface area contributed by atoms with Gasteiger partial charge in [-0.2, -0.15) is 0 Å². The summed E-state index contributed by atoms with van der Waals surface area (Å²) in [5.41, 5.74) is 0.819. The summed E-state index contributed by atoms with van der Waals surface area (Å²) in [5, 5.41) is 5.67. The topological polar surface area (TPSA) is 84.5 Å². The van der Waals surface area contributed by atoms with Crippen LogP contribution in [-0.4, -0.2) is 24.4 Å². The maximum atomic E-state index is 12.8. The van der Waals surface area contributed by atoms with Gasteiger partial charge < -0.3 is 15.4 Å². The number of ether oxygens (including phenoxy) is 1. The van der Waals surface area contributed by atoms with Gasteiger partial charge in [0.2, 0.25) is 5.91 Å². The zero-order valence-corrected chi connectivity index (χ0v) is 15.4. The first kappa shape index (κ1) is 20.7. The number of nitrogens with one attached hydrogen (secondary N) is 2. The second-order valence-corrected chi connectivity index (χ2v) is 6.21. The molecule has 2 aromatic carbocycles. The molecule has 0 bridgehead atoms. The Labute approximate surface area is 164 Å². The molecule has 2 N–H and O–H groups in total. The predicted octanol–water partition coefficient (Wildman–Crippen LogP) is 4.03. The second-order valence-electron chi connectivity index (χ2n) is 5.39. The molecular weight excluding hydrogens is 398 g/mol. The van der Waals surface area contributed by atoms with E-state index in [0.717, 1.165) is 0 Å². The lowest BCUT2D eigenvalue weighted by molar-refractivity contribution is -0.147. The van der Waals surface area contributed by atoms with E-state index in [2.05, 4.69) is 10.6 Å². The van der Waals surface area contributed by atoms with E-state index in [1.54, 1.807) is 6.07 Å². The number of benzene rings is 2. The lowest BCUT2D eigenvalue weighted by Gasteiger charge is -2.08. The number of hydrogen-bond acceptors (Lipinski definition) is 4. The molecule has 0 radical (unpaired) electrons. The average molecular weight is 413 g/mol. The Hall–Kier alpha value is -2.64. The summed E-state index contributed by atoms with van der Waals surface area (Å²) < 4.78 is 17.6. The first-order chi connectivity index (χ1) is 12.8. The van der Waals surface area contributed by atoms with Crippen LogP contribution in [-0.2, 0) is 19.1 Å². The van der Waals surface area contributed by atoms with Gasteiger partial charge in [0.25, 0.3) is 5.91 Å². The Balaban J connectivity index is 1.69. The highest BCUT2D eigenvalue weighted by Gasteiger charge is 2.11. The summed E-state index contributed by atoms with van der Waals surface area (Å²) in [6.45, 7) is -0.509. The molecule has 0 aromatic heterocycles. The van der Waals surface area contributed by atoms with Gasteiger partial charge >= 0.3 is 5.97 Å². The minimum absolute atomic E-state index is 0.126. The number of carbonyl (C=O) groups is 3. The van der Waals surface area contributed by atoms with E-state index in [4.69, 9.17) is 27.9 Å². The van der Waals surface area contributed by atoms with Crippen LogP contribution >= 0.6 is 23.2 Å². The number of carbonyl (C=O) groups excluding carboxylic acids is 3. The molecule has 142 valence electrons. The third kappa shape index (κ3) is 7.24. The molecule has 0 spiro atoms. The molecular formula is C18H15Cl2FN2O4. The molecule has 0 fully saturated rings. The standard InChI is InChI=1S/C18H15Cl2FN2O4/c19-14-6-5-13(9-15(14)20)23-16(24)7-8-18(26)27-10-17(25)22-12-3-1-11(21)2-4-12/h1-6,9H,7-8,10H2,(H,22,25)(H,23,24). The van der Waals surface area contributed by atoms with Gasteiger partial charge in [0.05, 0.1) is 16.5 Å². The van der Waals surface area contributed by atoms with E-state index >= 15 is 0 Å². The van der Waals surface area contributed by atoms with Gasteiger partial charge in [0.15, 0.2) is 6.61 Å². The lowest BCUT2D eigenvalue weighted by Crippen LogP contribution is -2.21. The molecule has 0 atom stereocenters. The molecule has 0 unspecified atom stereocenters. The number of hydrogen-bond donors (Lipinski definition) is 2. The van der Waals surface area contributed by atoms with Crippen molar-refractivity contribution in [2.75, 3.05) is 17.2 Å². The molecule has 2 amide bonds. The smallest absolute Gasteiger partial charge is 0.306 e. The molecule has 27 heavy (non-hydrogen) atoms. The average Bonchev–Trinajstić information content (AvgIpc) is 2.63. The SMILES string of the molecule is O=C(CCC(=O)OCC(=O)Nc1ccc(F)cc1)Nc1ccc(Cl)c(Cl)c1. The zero-order valence-electron chi connectivity index (χ0n) is 13.9. The van der Waals surface area contributed by atoms with Gasteiger partial charge in [-0.25, -0.2) is 4.39 Å². The van der Waals surface area contributed by atoms with Crippen molar-refractivity contribution in [1.82, 2.24) is 0 Å². The number of amides is 2. The van der Waals surface area contributed by atoms with Gasteiger partial charge in [-0.1, -0.05) is 23.2 Å². The first-order valence-corrected chi connectivity index (χ1v) is 8.55. The second kappa shape index (κ2) is 9.89. The van der Waals surface area contributed by atoms with Crippen molar-refractivity contribution >= 4 is 52.4 Å². The van der Waals surface area contributed by atoms with Crippen LogP contribution in [0.5, 0.6) is 0 Å². The van der Waals surface area contributed by atoms with Crippen molar-refractivity contribution in [3.63, 3.8) is 0 Å². The van der Waals surface area contributed by atoms with Crippen LogP contribution in [0.25, 0.3) is 0 Å². The van der Waals surface area contributed by atoms with Gasteiger partial charge in [-0.05, 0) is 42.5 Å². The number of anilines is 2. The minimum Gasteiger partial charge on any atom is -0.456 e. The fourth-order valence-electron chi connectivity index (χ4n) is 1.96. The lowest BCUT2D eigenvalue weighted by atomic mass is 10.2. The normalized spacial score (nSPS) is 10.2. The number of esters is 1. The Bertz CT molecular complexity index is 844. The van der Waals surface area contributed by atoms with Gasteiger partial charge in [0.1, 0.15) is 5.82 Å². The van der Waals surface area contributed by atoms with E-state index in [0.29, 0.717) is 21.4 Å². The fraction of sp³-hybridized carbons (Fsp3) is 0.167. The third-order valence-electron chi connectivity index (χ3n) is 3.25. The summed E-state index contributed by atoms with van der Waals surface area (Å²) in [6, 6.07) is 9.73. The van der Waals surface area contributed by atoms with Crippen molar-refractivity contribution < 1.29 is 23.5 Å². The van der Waals surface area contributed by atoms with E-state index in [9.17, 15) is 18.8 Å². The zero-order chi connectivity index (χ0) is 19.8. The van der Waals surface area contributed by atoms with Crippen LogP contribution in [0.1, 0.15) is 12.8 Å². The first-order valence-electron chi connectivity index (χ1n) is 7.79. The van der Waals surface area contributed by atoms with Crippen LogP contribution < -0.4 is 10.6 Å². The molecule has 0 saturated heterocycles. The van der Waals surface area contributed by atoms with Crippen molar-refractivity contribution in [1.29, 1.82) is 0 Å². The molecule has 0 aliphatic carbocycles. The van der Waals surface area contributed by atoms with E-state index in [-0.39, 0.29) is 12.8 Å². The molecule has 0 aliphatic heterocycles. The van der Waals surface area contributed by atoms with Crippen LogP contribution in [0.3, 0.4) is 0 Å². The van der Waals surface area contributed by atoms with E-state index in [1.165, 1.54) is 36.4 Å². The molecule has 0 aliphatic rings. The van der Waals surface area contributed by atoms with Crippen molar-refractivity contribution in [3.05, 3.63) is 58.3 Å². The summed E-state index contributed by atoms with van der Waals surface area (Å²) >= 11 is 11.6. The summed E-state index contributed by atoms with van der Waals surface area (Å²) in [7, 11) is 0. The molecule has 2 rings (SSSR count). The maximum absolute atomic E-state index is 12.8. The Morgan fingerprint density at radius 1 is 0.852 bits per heavy atom. The highest BCUT2D eigenvalue weighted by molar-refractivity contribution is 6.42. The van der Waals surface area contributed by atoms with Crippen LogP contribution in [0.2, 0.25) is 10.0 Å². The van der Waals surface area contributed by atoms with E-state index in [1.807, 2.05) is 0 Å². The molecule has 0 saturated carbocycles. The summed E-state index contributed by atoms with van der Waals surface area (Å²) in [5.74, 6) is -2.12. The largest absolute Gasteiger partial charge is 0.456 e. The van der Waals surface area contributed by atoms with Crippen LogP contribution in [0, 0.1) is 5.82 Å². The van der Waals surface area contributed by atoms with Gasteiger partial charge in [0, 0.05) is 17.8 Å². The monoisotopic (exact) mass is 412 g/mol. The van der Waals surface area contributed by atoms with Crippen LogP contribution in [0.4, 0.5) is 15.8 Å². The molecule has 0 heterocycles. The minimum atomic E-state index is -0.700. The molecule has 9 heteroatoms. The molecule has 6 nitrogen and oxygen atoms in total. The van der Waals surface area contributed by atoms with Gasteiger partial charge in [-0.15, -0.1) is 0 Å². The van der Waals surface area contributed by atoms with E-state index < -0.39 is 30.2 Å². The van der Waals surface area contributed by atoms with Gasteiger partial charge in [-0.3, -0.25) is 14.4 Å². The molecule has 2 aromatic rings. The quantitative estimate of drug-likeness (QED) is 0.672. The summed E-state index contributed by atoms with van der Waals surface area (Å²) in [4.78, 5) is 35.1. The highest BCUT2D eigenvalue weighted by Crippen LogP contribution is 2.25. The fourth-order valence-corrected chi connectivity index (χ4v) is 2.26. The number of halogens is 3. The number of rotatable bonds is 7. The predicted molar refractivity (Wildman–Crippen MR) is 100 cm³/mol. The Kier molecular flexibility index (Phi) is 7.57. The highest BCUT2D eigenvalue weighted by atomic mass is 35.5. The van der Waals surface area contributed by atoms with Crippen LogP contribution in [0.15, 0.2) is 42.5 Å². The van der Waals surface area contributed by atoms with Crippen molar-refractivity contribution in [2.45, 2.75) is 12.8 Å². The third-order valence-corrected chi connectivity index (χ3v) is 3.99. The van der Waals surface area contributed by atoms with Crippen molar-refractivity contribution in [2.24, 2.45) is 0 Å². The Morgan fingerprint density at radius 2 is 1.48 bits per heavy atom.